The number of benzene rings is 1. The lowest BCUT2D eigenvalue weighted by molar-refractivity contribution is -0.115. The van der Waals surface area contributed by atoms with E-state index in [4.69, 9.17) is 0 Å². The molecule has 0 saturated carbocycles. The minimum Gasteiger partial charge on any atom is -0.325 e. The van der Waals surface area contributed by atoms with E-state index in [9.17, 15) is 9.18 Å². The number of hydrogen-bond donors (Lipinski definition) is 2. The van der Waals surface area contributed by atoms with Crippen molar-refractivity contribution in [2.75, 3.05) is 11.9 Å². The first-order valence-electron chi connectivity index (χ1n) is 5.59. The molecule has 0 unspecified atom stereocenters. The van der Waals surface area contributed by atoms with E-state index in [-0.39, 0.29) is 23.8 Å². The molecule has 1 amide bonds. The van der Waals surface area contributed by atoms with Gasteiger partial charge in [0, 0.05) is 11.2 Å². The Labute approximate surface area is 101 Å². The number of rotatable bonds is 3. The minimum atomic E-state index is -0.352. The molecule has 0 bridgehead atoms. The first kappa shape index (κ1) is 13.6. The molecule has 0 saturated heterocycles. The molecule has 1 aromatic rings. The van der Waals surface area contributed by atoms with Gasteiger partial charge in [-0.1, -0.05) is 6.07 Å². The fraction of sp³-hybridized carbons (Fsp3) is 0.462. The Morgan fingerprint density at radius 2 is 2.00 bits per heavy atom. The zero-order valence-corrected chi connectivity index (χ0v) is 10.7. The van der Waals surface area contributed by atoms with E-state index in [0.717, 1.165) is 5.56 Å². The molecule has 0 spiro atoms. The van der Waals surface area contributed by atoms with Gasteiger partial charge in [-0.25, -0.2) is 4.39 Å². The van der Waals surface area contributed by atoms with Crippen molar-refractivity contribution < 1.29 is 9.18 Å². The van der Waals surface area contributed by atoms with Crippen LogP contribution in [0.1, 0.15) is 26.3 Å². The fourth-order valence-corrected chi connectivity index (χ4v) is 1.27. The van der Waals surface area contributed by atoms with E-state index < -0.39 is 0 Å². The maximum absolute atomic E-state index is 13.0. The molecule has 17 heavy (non-hydrogen) atoms. The number of hydrogen-bond acceptors (Lipinski definition) is 2. The van der Waals surface area contributed by atoms with Crippen molar-refractivity contribution in [3.05, 3.63) is 29.6 Å². The SMILES string of the molecule is Cc1ccc(F)cc1NC(=O)CNC(C)(C)C. The second-order valence-electron chi connectivity index (χ2n) is 5.11. The fourth-order valence-electron chi connectivity index (χ4n) is 1.27. The number of halogens is 1. The number of carbonyl (C=O) groups excluding carboxylic acids is 1. The Balaban J connectivity index is 2.59. The van der Waals surface area contributed by atoms with Gasteiger partial charge in [-0.3, -0.25) is 4.79 Å². The number of nitrogens with one attached hydrogen (secondary N) is 2. The van der Waals surface area contributed by atoms with Crippen molar-refractivity contribution in [3.8, 4) is 0 Å². The van der Waals surface area contributed by atoms with Gasteiger partial charge in [0.25, 0.3) is 0 Å². The molecule has 1 rings (SSSR count). The number of carbonyl (C=O) groups is 1. The van der Waals surface area contributed by atoms with Gasteiger partial charge in [-0.15, -0.1) is 0 Å². The topological polar surface area (TPSA) is 41.1 Å². The Morgan fingerprint density at radius 3 is 2.59 bits per heavy atom. The van der Waals surface area contributed by atoms with Crippen LogP contribution in [-0.4, -0.2) is 18.0 Å². The van der Waals surface area contributed by atoms with E-state index in [1.807, 2.05) is 27.7 Å². The molecule has 0 aliphatic carbocycles. The van der Waals surface area contributed by atoms with Gasteiger partial charge in [-0.2, -0.15) is 0 Å². The van der Waals surface area contributed by atoms with Crippen LogP contribution in [0.15, 0.2) is 18.2 Å². The number of amides is 1. The van der Waals surface area contributed by atoms with Gasteiger partial charge in [0.2, 0.25) is 5.91 Å². The minimum absolute atomic E-state index is 0.117. The van der Waals surface area contributed by atoms with E-state index >= 15 is 0 Å². The zero-order chi connectivity index (χ0) is 13.1. The maximum Gasteiger partial charge on any atom is 0.238 e. The first-order valence-corrected chi connectivity index (χ1v) is 5.59. The van der Waals surface area contributed by atoms with Crippen LogP contribution in [0.3, 0.4) is 0 Å². The number of aryl methyl sites for hydroxylation is 1. The summed E-state index contributed by atoms with van der Waals surface area (Å²) in [6.45, 7) is 7.97. The largest absolute Gasteiger partial charge is 0.325 e. The normalized spacial score (nSPS) is 11.4. The first-order chi connectivity index (χ1) is 7.78. The van der Waals surface area contributed by atoms with Crippen LogP contribution in [0.4, 0.5) is 10.1 Å². The van der Waals surface area contributed by atoms with E-state index in [1.165, 1.54) is 12.1 Å². The quantitative estimate of drug-likeness (QED) is 0.849. The highest BCUT2D eigenvalue weighted by atomic mass is 19.1. The molecule has 94 valence electrons. The molecule has 0 fully saturated rings. The summed E-state index contributed by atoms with van der Waals surface area (Å²) in [5, 5.41) is 5.75. The van der Waals surface area contributed by atoms with E-state index in [0.29, 0.717) is 5.69 Å². The Bertz CT molecular complexity index is 410. The van der Waals surface area contributed by atoms with E-state index in [2.05, 4.69) is 10.6 Å². The highest BCUT2D eigenvalue weighted by molar-refractivity contribution is 5.92. The third kappa shape index (κ3) is 4.95. The summed E-state index contributed by atoms with van der Waals surface area (Å²) in [6, 6.07) is 4.34. The van der Waals surface area contributed by atoms with Gasteiger partial charge in [0.15, 0.2) is 0 Å². The van der Waals surface area contributed by atoms with E-state index in [1.54, 1.807) is 6.07 Å². The summed E-state index contributed by atoms with van der Waals surface area (Å²) in [5.74, 6) is -0.525. The molecular weight excluding hydrogens is 219 g/mol. The van der Waals surface area contributed by atoms with Gasteiger partial charge < -0.3 is 10.6 Å². The highest BCUT2D eigenvalue weighted by Crippen LogP contribution is 2.15. The van der Waals surface area contributed by atoms with Gasteiger partial charge in [0.1, 0.15) is 5.82 Å². The predicted molar refractivity (Wildman–Crippen MR) is 67.5 cm³/mol. The molecule has 1 aromatic carbocycles. The third-order valence-electron chi connectivity index (χ3n) is 2.25. The van der Waals surface area contributed by atoms with Crippen molar-refractivity contribution in [1.82, 2.24) is 5.32 Å². The Hall–Kier alpha value is -1.42. The van der Waals surface area contributed by atoms with Crippen LogP contribution in [0.25, 0.3) is 0 Å². The molecule has 0 heterocycles. The molecule has 0 aromatic heterocycles. The third-order valence-corrected chi connectivity index (χ3v) is 2.25. The lowest BCUT2D eigenvalue weighted by atomic mass is 10.1. The van der Waals surface area contributed by atoms with Crippen LogP contribution in [0, 0.1) is 12.7 Å². The summed E-state index contributed by atoms with van der Waals surface area (Å²) >= 11 is 0. The lowest BCUT2D eigenvalue weighted by Gasteiger charge is -2.20. The van der Waals surface area contributed by atoms with Crippen molar-refractivity contribution >= 4 is 11.6 Å². The summed E-state index contributed by atoms with van der Waals surface area (Å²) < 4.78 is 13.0. The zero-order valence-electron chi connectivity index (χ0n) is 10.7. The molecule has 3 nitrogen and oxygen atoms in total. The smallest absolute Gasteiger partial charge is 0.238 e. The molecule has 2 N–H and O–H groups in total. The standard InChI is InChI=1S/C13H19FN2O/c1-9-5-6-10(14)7-11(9)16-12(17)8-15-13(2,3)4/h5-7,15H,8H2,1-4H3,(H,16,17). The predicted octanol–water partition coefficient (Wildman–Crippen LogP) is 2.46. The van der Waals surface area contributed by atoms with Gasteiger partial charge >= 0.3 is 0 Å². The van der Waals surface area contributed by atoms with Crippen molar-refractivity contribution in [2.45, 2.75) is 33.2 Å². The second kappa shape index (κ2) is 5.27. The Kier molecular flexibility index (Phi) is 4.23. The van der Waals surface area contributed by atoms with Crippen LogP contribution in [0.5, 0.6) is 0 Å². The van der Waals surface area contributed by atoms with Crippen LogP contribution in [-0.2, 0) is 4.79 Å². The molecule has 0 aliphatic heterocycles. The average Bonchev–Trinajstić information content (AvgIpc) is 2.20. The van der Waals surface area contributed by atoms with Crippen molar-refractivity contribution in [1.29, 1.82) is 0 Å². The molecule has 0 radical (unpaired) electrons. The summed E-state index contributed by atoms with van der Waals surface area (Å²) in [7, 11) is 0. The average molecular weight is 238 g/mol. The van der Waals surface area contributed by atoms with Crippen molar-refractivity contribution in [3.63, 3.8) is 0 Å². The van der Waals surface area contributed by atoms with Crippen LogP contribution >= 0.6 is 0 Å². The molecule has 0 aliphatic rings. The monoisotopic (exact) mass is 238 g/mol. The molecule has 4 heteroatoms. The maximum atomic E-state index is 13.0. The summed E-state index contributed by atoms with van der Waals surface area (Å²) in [5.41, 5.74) is 1.25. The van der Waals surface area contributed by atoms with Crippen LogP contribution in [0.2, 0.25) is 0 Å². The Morgan fingerprint density at radius 1 is 1.35 bits per heavy atom. The highest BCUT2D eigenvalue weighted by Gasteiger charge is 2.12. The van der Waals surface area contributed by atoms with Gasteiger partial charge in [-0.05, 0) is 45.4 Å². The molecule has 0 atom stereocenters. The second-order valence-corrected chi connectivity index (χ2v) is 5.11. The van der Waals surface area contributed by atoms with Gasteiger partial charge in [0.05, 0.1) is 6.54 Å². The lowest BCUT2D eigenvalue weighted by Crippen LogP contribution is -2.41. The summed E-state index contributed by atoms with van der Waals surface area (Å²) in [6.07, 6.45) is 0. The number of anilines is 1. The molecular formula is C13H19FN2O. The van der Waals surface area contributed by atoms with Crippen molar-refractivity contribution in [2.24, 2.45) is 0 Å². The summed E-state index contributed by atoms with van der Waals surface area (Å²) in [4.78, 5) is 11.6. The van der Waals surface area contributed by atoms with Crippen LogP contribution < -0.4 is 10.6 Å².